The fourth-order valence-corrected chi connectivity index (χ4v) is 3.23. The van der Waals surface area contributed by atoms with E-state index in [1.54, 1.807) is 0 Å². The van der Waals surface area contributed by atoms with E-state index >= 15 is 0 Å². The summed E-state index contributed by atoms with van der Waals surface area (Å²) in [6, 6.07) is 9.40. The molecule has 1 aliphatic heterocycles. The van der Waals surface area contributed by atoms with Gasteiger partial charge in [-0.05, 0) is 45.4 Å². The molecule has 0 radical (unpaired) electrons. The molecule has 0 aliphatic carbocycles. The molecule has 1 N–H and O–H groups in total. The zero-order valence-corrected chi connectivity index (χ0v) is 13.3. The highest BCUT2D eigenvalue weighted by Gasteiger charge is 2.22. The third-order valence-electron chi connectivity index (χ3n) is 4.47. The summed E-state index contributed by atoms with van der Waals surface area (Å²) in [6.07, 6.45) is 3.92. The third-order valence-corrected chi connectivity index (χ3v) is 4.47. The first-order chi connectivity index (χ1) is 10.2. The number of imidazole rings is 1. The van der Waals surface area contributed by atoms with Crippen LogP contribution in [0, 0.1) is 0 Å². The molecule has 1 aliphatic rings. The Morgan fingerprint density at radius 3 is 2.81 bits per heavy atom. The van der Waals surface area contributed by atoms with E-state index in [9.17, 15) is 0 Å². The molecule has 0 amide bonds. The van der Waals surface area contributed by atoms with Crippen molar-refractivity contribution in [3.63, 3.8) is 0 Å². The number of aromatic nitrogens is 2. The topological polar surface area (TPSA) is 33.1 Å². The fourth-order valence-electron chi connectivity index (χ4n) is 3.23. The minimum atomic E-state index is 0.448. The minimum Gasteiger partial charge on any atom is -0.338 e. The van der Waals surface area contributed by atoms with E-state index in [1.807, 2.05) is 0 Å². The Labute approximate surface area is 127 Å². The molecular weight excluding hydrogens is 260 g/mol. The molecule has 0 bridgehead atoms. The molecule has 1 atom stereocenters. The zero-order chi connectivity index (χ0) is 14.8. The molecule has 1 unspecified atom stereocenters. The van der Waals surface area contributed by atoms with Crippen molar-refractivity contribution in [2.24, 2.45) is 7.05 Å². The molecule has 3 rings (SSSR count). The predicted molar refractivity (Wildman–Crippen MR) is 88.8 cm³/mol. The summed E-state index contributed by atoms with van der Waals surface area (Å²) >= 11 is 0. The number of para-hydroxylation sites is 2. The van der Waals surface area contributed by atoms with Gasteiger partial charge in [0.25, 0.3) is 0 Å². The van der Waals surface area contributed by atoms with E-state index in [1.165, 1.54) is 24.8 Å². The lowest BCUT2D eigenvalue weighted by atomic mass is 10.0. The first kappa shape index (κ1) is 14.4. The summed E-state index contributed by atoms with van der Waals surface area (Å²) in [6.45, 7) is 6.69. The van der Waals surface area contributed by atoms with Crippen molar-refractivity contribution in [3.05, 3.63) is 24.3 Å². The van der Waals surface area contributed by atoms with Crippen molar-refractivity contribution in [2.75, 3.05) is 18.0 Å². The summed E-state index contributed by atoms with van der Waals surface area (Å²) in [4.78, 5) is 7.29. The maximum atomic E-state index is 4.86. The van der Waals surface area contributed by atoms with Crippen molar-refractivity contribution in [3.8, 4) is 0 Å². The Bertz CT molecular complexity index is 596. The molecule has 2 aromatic rings. The Morgan fingerprint density at radius 1 is 1.33 bits per heavy atom. The van der Waals surface area contributed by atoms with E-state index in [-0.39, 0.29) is 0 Å². The quantitative estimate of drug-likeness (QED) is 0.938. The van der Waals surface area contributed by atoms with Crippen molar-refractivity contribution in [1.82, 2.24) is 14.9 Å². The standard InChI is InChI=1S/C17H26N4/c1-13(2)21(12-14-8-6-7-11-18-14)17-19-15-9-4-5-10-16(15)20(17)3/h4-5,9-10,13-14,18H,6-8,11-12H2,1-3H3. The van der Waals surface area contributed by atoms with E-state index < -0.39 is 0 Å². The van der Waals surface area contributed by atoms with Gasteiger partial charge in [-0.3, -0.25) is 0 Å². The van der Waals surface area contributed by atoms with Gasteiger partial charge in [0.15, 0.2) is 0 Å². The smallest absolute Gasteiger partial charge is 0.206 e. The molecule has 0 spiro atoms. The van der Waals surface area contributed by atoms with Gasteiger partial charge in [0.1, 0.15) is 0 Å². The van der Waals surface area contributed by atoms with Crippen LogP contribution < -0.4 is 10.2 Å². The Kier molecular flexibility index (Phi) is 4.15. The Morgan fingerprint density at radius 2 is 2.14 bits per heavy atom. The van der Waals surface area contributed by atoms with Crippen LogP contribution in [0.4, 0.5) is 5.95 Å². The van der Waals surface area contributed by atoms with Crippen LogP contribution in [-0.2, 0) is 7.05 Å². The fraction of sp³-hybridized carbons (Fsp3) is 0.588. The number of benzene rings is 1. The van der Waals surface area contributed by atoms with E-state index in [2.05, 4.69) is 59.9 Å². The average molecular weight is 286 g/mol. The molecule has 2 heterocycles. The van der Waals surface area contributed by atoms with Crippen LogP contribution in [0.5, 0.6) is 0 Å². The second-order valence-corrected chi connectivity index (χ2v) is 6.35. The van der Waals surface area contributed by atoms with Gasteiger partial charge in [-0.15, -0.1) is 0 Å². The number of hydrogen-bond donors (Lipinski definition) is 1. The van der Waals surface area contributed by atoms with Gasteiger partial charge in [-0.2, -0.15) is 0 Å². The van der Waals surface area contributed by atoms with Crippen LogP contribution in [0.15, 0.2) is 24.3 Å². The molecule has 1 saturated heterocycles. The number of nitrogens with one attached hydrogen (secondary N) is 1. The zero-order valence-electron chi connectivity index (χ0n) is 13.3. The van der Waals surface area contributed by atoms with Gasteiger partial charge in [0.05, 0.1) is 11.0 Å². The summed E-state index contributed by atoms with van der Waals surface area (Å²) in [5, 5.41) is 3.65. The summed E-state index contributed by atoms with van der Waals surface area (Å²) in [5.41, 5.74) is 2.28. The molecule has 1 aromatic heterocycles. The minimum absolute atomic E-state index is 0.448. The largest absolute Gasteiger partial charge is 0.338 e. The molecule has 1 aromatic carbocycles. The van der Waals surface area contributed by atoms with Crippen LogP contribution in [-0.4, -0.2) is 34.7 Å². The molecule has 1 fully saturated rings. The number of aryl methyl sites for hydroxylation is 1. The monoisotopic (exact) mass is 286 g/mol. The maximum Gasteiger partial charge on any atom is 0.206 e. The number of rotatable bonds is 4. The number of fused-ring (bicyclic) bond motifs is 1. The van der Waals surface area contributed by atoms with Gasteiger partial charge in [-0.25, -0.2) is 4.98 Å². The van der Waals surface area contributed by atoms with Crippen molar-refractivity contribution in [2.45, 2.75) is 45.2 Å². The van der Waals surface area contributed by atoms with Gasteiger partial charge >= 0.3 is 0 Å². The summed E-state index contributed by atoms with van der Waals surface area (Å²) < 4.78 is 2.22. The number of piperidine rings is 1. The highest BCUT2D eigenvalue weighted by molar-refractivity contribution is 5.78. The second kappa shape index (κ2) is 6.06. The van der Waals surface area contributed by atoms with Crippen molar-refractivity contribution >= 4 is 17.0 Å². The van der Waals surface area contributed by atoms with E-state index in [0.29, 0.717) is 12.1 Å². The van der Waals surface area contributed by atoms with Gasteiger partial charge in [-0.1, -0.05) is 18.6 Å². The molecule has 114 valence electrons. The van der Waals surface area contributed by atoms with Crippen molar-refractivity contribution < 1.29 is 0 Å². The highest BCUT2D eigenvalue weighted by atomic mass is 15.3. The van der Waals surface area contributed by atoms with Crippen LogP contribution in [0.25, 0.3) is 11.0 Å². The van der Waals surface area contributed by atoms with Crippen molar-refractivity contribution in [1.29, 1.82) is 0 Å². The molecule has 21 heavy (non-hydrogen) atoms. The van der Waals surface area contributed by atoms with Crippen LogP contribution in [0.2, 0.25) is 0 Å². The van der Waals surface area contributed by atoms with Crippen LogP contribution >= 0.6 is 0 Å². The lowest BCUT2D eigenvalue weighted by molar-refractivity contribution is 0.391. The first-order valence-corrected chi connectivity index (χ1v) is 8.08. The maximum absolute atomic E-state index is 4.86. The Hall–Kier alpha value is -1.55. The summed E-state index contributed by atoms with van der Waals surface area (Å²) in [7, 11) is 2.12. The predicted octanol–water partition coefficient (Wildman–Crippen LogP) is 2.93. The van der Waals surface area contributed by atoms with Gasteiger partial charge in [0, 0.05) is 25.7 Å². The third kappa shape index (κ3) is 2.91. The van der Waals surface area contributed by atoms with E-state index in [4.69, 9.17) is 4.98 Å². The molecular formula is C17H26N4. The van der Waals surface area contributed by atoms with Crippen LogP contribution in [0.1, 0.15) is 33.1 Å². The lowest BCUT2D eigenvalue weighted by Crippen LogP contribution is -2.46. The average Bonchev–Trinajstić information content (AvgIpc) is 2.83. The highest BCUT2D eigenvalue weighted by Crippen LogP contribution is 2.23. The lowest BCUT2D eigenvalue weighted by Gasteiger charge is -2.33. The van der Waals surface area contributed by atoms with Gasteiger partial charge in [0.2, 0.25) is 5.95 Å². The number of anilines is 1. The number of nitrogens with zero attached hydrogens (tertiary/aromatic N) is 3. The number of hydrogen-bond acceptors (Lipinski definition) is 3. The first-order valence-electron chi connectivity index (χ1n) is 8.08. The van der Waals surface area contributed by atoms with E-state index in [0.717, 1.165) is 24.6 Å². The Balaban J connectivity index is 1.89. The second-order valence-electron chi connectivity index (χ2n) is 6.35. The van der Waals surface area contributed by atoms with Crippen LogP contribution in [0.3, 0.4) is 0 Å². The molecule has 4 heteroatoms. The normalized spacial score (nSPS) is 19.3. The summed E-state index contributed by atoms with van der Waals surface area (Å²) in [5.74, 6) is 1.08. The molecule has 4 nitrogen and oxygen atoms in total. The van der Waals surface area contributed by atoms with Gasteiger partial charge < -0.3 is 14.8 Å². The molecule has 0 saturated carbocycles. The SMILES string of the molecule is CC(C)N(CC1CCCCN1)c1nc2ccccc2n1C.